The fraction of sp³-hybridized carbons (Fsp3) is 0.214. The van der Waals surface area contributed by atoms with Gasteiger partial charge in [-0.15, -0.1) is 11.3 Å². The maximum Gasteiger partial charge on any atom is 0.256 e. The van der Waals surface area contributed by atoms with Gasteiger partial charge in [-0.3, -0.25) is 4.79 Å². The van der Waals surface area contributed by atoms with Crippen molar-refractivity contribution in [1.82, 2.24) is 0 Å². The highest BCUT2D eigenvalue weighted by Crippen LogP contribution is 2.26. The first kappa shape index (κ1) is 15.5. The first-order valence-electron chi connectivity index (χ1n) is 6.01. The highest BCUT2D eigenvalue weighted by atomic mass is 79.9. The van der Waals surface area contributed by atoms with Gasteiger partial charge in [-0.05, 0) is 47.1 Å². The molecule has 2 aromatic rings. The van der Waals surface area contributed by atoms with E-state index < -0.39 is 0 Å². The van der Waals surface area contributed by atoms with Crippen molar-refractivity contribution in [2.45, 2.75) is 12.3 Å². The van der Waals surface area contributed by atoms with Gasteiger partial charge in [-0.1, -0.05) is 15.9 Å². The number of rotatable bonds is 5. The van der Waals surface area contributed by atoms with E-state index in [0.29, 0.717) is 17.5 Å². The summed E-state index contributed by atoms with van der Waals surface area (Å²) in [4.78, 5) is 12.1. The molecule has 0 aliphatic carbocycles. The topological polar surface area (TPSA) is 38.3 Å². The molecule has 0 fully saturated rings. The minimum absolute atomic E-state index is 0.114. The minimum Gasteiger partial charge on any atom is -0.494 e. The molecule has 0 spiro atoms. The molecule has 1 heterocycles. The predicted molar refractivity (Wildman–Crippen MR) is 90.2 cm³/mol. The molecule has 3 nitrogen and oxygen atoms in total. The molecule has 0 bridgehead atoms. The number of carbonyl (C=O) groups excluding carboxylic acids is 1. The Labute approximate surface area is 138 Å². The van der Waals surface area contributed by atoms with E-state index in [1.807, 2.05) is 30.5 Å². The van der Waals surface area contributed by atoms with Crippen LogP contribution in [0.1, 0.15) is 22.8 Å². The summed E-state index contributed by atoms with van der Waals surface area (Å²) in [5, 5.41) is 5.38. The molecule has 0 aliphatic rings. The molecule has 1 N–H and O–H groups in total. The van der Waals surface area contributed by atoms with Gasteiger partial charge >= 0.3 is 0 Å². The maximum absolute atomic E-state index is 12.1. The van der Waals surface area contributed by atoms with E-state index in [9.17, 15) is 4.79 Å². The lowest BCUT2D eigenvalue weighted by Crippen LogP contribution is -2.11. The molecular weight excluding hydrogens is 406 g/mol. The van der Waals surface area contributed by atoms with E-state index >= 15 is 0 Å². The summed E-state index contributed by atoms with van der Waals surface area (Å²) < 4.78 is 6.47. The number of benzene rings is 1. The Morgan fingerprint density at radius 1 is 1.40 bits per heavy atom. The highest BCUT2D eigenvalue weighted by molar-refractivity contribution is 9.11. The minimum atomic E-state index is -0.114. The molecule has 6 heteroatoms. The Morgan fingerprint density at radius 3 is 2.80 bits per heavy atom. The smallest absolute Gasteiger partial charge is 0.256 e. The van der Waals surface area contributed by atoms with E-state index in [0.717, 1.165) is 20.8 Å². The van der Waals surface area contributed by atoms with Crippen LogP contribution in [0.15, 0.2) is 33.4 Å². The number of alkyl halides is 1. The zero-order chi connectivity index (χ0) is 14.5. The van der Waals surface area contributed by atoms with Gasteiger partial charge in [-0.2, -0.15) is 0 Å². The van der Waals surface area contributed by atoms with E-state index in [1.54, 1.807) is 6.07 Å². The molecule has 2 rings (SSSR count). The number of ether oxygens (including phenoxy) is 1. The SMILES string of the molecule is CCOc1ccc(NC(=O)c2csc(Br)c2)cc1CBr. The van der Waals surface area contributed by atoms with Crippen LogP contribution in [0.3, 0.4) is 0 Å². The van der Waals surface area contributed by atoms with Crippen molar-refractivity contribution in [1.29, 1.82) is 0 Å². The summed E-state index contributed by atoms with van der Waals surface area (Å²) in [6, 6.07) is 7.44. The molecule has 0 saturated carbocycles. The molecule has 0 radical (unpaired) electrons. The van der Waals surface area contributed by atoms with Gasteiger partial charge in [0.1, 0.15) is 5.75 Å². The maximum atomic E-state index is 12.1. The van der Waals surface area contributed by atoms with Gasteiger partial charge in [0.2, 0.25) is 0 Å². The lowest BCUT2D eigenvalue weighted by molar-refractivity contribution is 0.102. The molecule has 1 aromatic heterocycles. The van der Waals surface area contributed by atoms with Crippen molar-refractivity contribution >= 4 is 54.8 Å². The fourth-order valence-electron chi connectivity index (χ4n) is 1.69. The largest absolute Gasteiger partial charge is 0.494 e. The van der Waals surface area contributed by atoms with Crippen LogP contribution in [0.2, 0.25) is 0 Å². The van der Waals surface area contributed by atoms with Crippen LogP contribution in [0.25, 0.3) is 0 Å². The Balaban J connectivity index is 2.15. The molecule has 20 heavy (non-hydrogen) atoms. The second kappa shape index (κ2) is 7.24. The Hall–Kier alpha value is -0.850. The number of nitrogens with one attached hydrogen (secondary N) is 1. The summed E-state index contributed by atoms with van der Waals surface area (Å²) >= 11 is 8.27. The highest BCUT2D eigenvalue weighted by Gasteiger charge is 2.10. The molecule has 0 unspecified atom stereocenters. The Morgan fingerprint density at radius 2 is 2.20 bits per heavy atom. The van der Waals surface area contributed by atoms with Crippen molar-refractivity contribution in [2.24, 2.45) is 0 Å². The number of carbonyl (C=O) groups is 1. The van der Waals surface area contributed by atoms with Gasteiger partial charge in [0, 0.05) is 22.0 Å². The summed E-state index contributed by atoms with van der Waals surface area (Å²) in [7, 11) is 0. The summed E-state index contributed by atoms with van der Waals surface area (Å²) in [5.41, 5.74) is 2.42. The number of amides is 1. The molecule has 0 saturated heterocycles. The molecule has 106 valence electrons. The van der Waals surface area contributed by atoms with E-state index in [2.05, 4.69) is 37.2 Å². The lowest BCUT2D eigenvalue weighted by atomic mass is 10.2. The predicted octanol–water partition coefficient (Wildman–Crippen LogP) is 5.06. The first-order valence-corrected chi connectivity index (χ1v) is 8.80. The average molecular weight is 419 g/mol. The van der Waals surface area contributed by atoms with Crippen LogP contribution in [-0.4, -0.2) is 12.5 Å². The van der Waals surface area contributed by atoms with Gasteiger partial charge in [0.25, 0.3) is 5.91 Å². The third-order valence-electron chi connectivity index (χ3n) is 2.59. The molecule has 0 aliphatic heterocycles. The monoisotopic (exact) mass is 417 g/mol. The van der Waals surface area contributed by atoms with Gasteiger partial charge in [-0.25, -0.2) is 0 Å². The zero-order valence-corrected chi connectivity index (χ0v) is 14.8. The second-order valence-corrected chi connectivity index (χ2v) is 6.83. The third-order valence-corrected chi connectivity index (χ3v) is 4.70. The normalized spacial score (nSPS) is 10.3. The first-order chi connectivity index (χ1) is 9.63. The number of hydrogen-bond acceptors (Lipinski definition) is 3. The number of anilines is 1. The van der Waals surface area contributed by atoms with Crippen LogP contribution in [0.5, 0.6) is 5.75 Å². The van der Waals surface area contributed by atoms with Crippen molar-refractivity contribution in [3.63, 3.8) is 0 Å². The number of thiophene rings is 1. The van der Waals surface area contributed by atoms with Crippen LogP contribution in [0, 0.1) is 0 Å². The summed E-state index contributed by atoms with van der Waals surface area (Å²) in [6.45, 7) is 2.57. The quantitative estimate of drug-likeness (QED) is 0.689. The van der Waals surface area contributed by atoms with Crippen molar-refractivity contribution < 1.29 is 9.53 Å². The van der Waals surface area contributed by atoms with Crippen molar-refractivity contribution in [3.8, 4) is 5.75 Å². The fourth-order valence-corrected chi connectivity index (χ4v) is 3.27. The summed E-state index contributed by atoms with van der Waals surface area (Å²) in [5.74, 6) is 0.720. The average Bonchev–Trinajstić information content (AvgIpc) is 2.87. The third kappa shape index (κ3) is 3.84. The van der Waals surface area contributed by atoms with E-state index in [1.165, 1.54) is 11.3 Å². The van der Waals surface area contributed by atoms with Gasteiger partial charge in [0.05, 0.1) is 16.0 Å². The van der Waals surface area contributed by atoms with Crippen LogP contribution >= 0.6 is 43.2 Å². The van der Waals surface area contributed by atoms with Crippen LogP contribution in [-0.2, 0) is 5.33 Å². The zero-order valence-electron chi connectivity index (χ0n) is 10.8. The van der Waals surface area contributed by atoms with E-state index in [-0.39, 0.29) is 5.91 Å². The van der Waals surface area contributed by atoms with Gasteiger partial charge < -0.3 is 10.1 Å². The molecule has 1 amide bonds. The van der Waals surface area contributed by atoms with E-state index in [4.69, 9.17) is 4.74 Å². The summed E-state index contributed by atoms with van der Waals surface area (Å²) in [6.07, 6.45) is 0. The number of halogens is 2. The second-order valence-electron chi connectivity index (χ2n) is 3.98. The Bertz CT molecular complexity index is 613. The van der Waals surface area contributed by atoms with Crippen LogP contribution in [0.4, 0.5) is 5.69 Å². The van der Waals surface area contributed by atoms with Crippen molar-refractivity contribution in [2.75, 3.05) is 11.9 Å². The standard InChI is InChI=1S/C14H13Br2NO2S/c1-2-19-12-4-3-11(5-9(12)7-15)17-14(18)10-6-13(16)20-8-10/h3-6,8H,2,7H2,1H3,(H,17,18). The number of hydrogen-bond donors (Lipinski definition) is 1. The lowest BCUT2D eigenvalue weighted by Gasteiger charge is -2.11. The van der Waals surface area contributed by atoms with Crippen molar-refractivity contribution in [3.05, 3.63) is 44.6 Å². The Kier molecular flexibility index (Phi) is 5.63. The van der Waals surface area contributed by atoms with Gasteiger partial charge in [0.15, 0.2) is 0 Å². The van der Waals surface area contributed by atoms with Crippen LogP contribution < -0.4 is 10.1 Å². The molecule has 0 atom stereocenters. The molecule has 1 aromatic carbocycles. The molecular formula is C14H13Br2NO2S.